The van der Waals surface area contributed by atoms with Gasteiger partial charge in [0, 0.05) is 11.9 Å². The minimum atomic E-state index is -5.03. The quantitative estimate of drug-likeness (QED) is 0.688. The highest BCUT2D eigenvalue weighted by atomic mass is 19.4. The van der Waals surface area contributed by atoms with E-state index in [1.807, 2.05) is 10.6 Å². The molecule has 1 aromatic heterocycles. The van der Waals surface area contributed by atoms with Crippen molar-refractivity contribution in [3.05, 3.63) is 47.7 Å². The number of alkyl halides is 6. The third kappa shape index (κ3) is 4.75. The zero-order chi connectivity index (χ0) is 18.8. The fraction of sp³-hybridized carbons (Fsp3) is 0.143. The summed E-state index contributed by atoms with van der Waals surface area (Å²) < 4.78 is 76.4. The number of aromatic nitrogens is 1. The third-order valence-electron chi connectivity index (χ3n) is 2.86. The second kappa shape index (κ2) is 6.49. The molecule has 2 amide bonds. The molecule has 5 nitrogen and oxygen atoms in total. The zero-order valence-electron chi connectivity index (χ0n) is 12.0. The van der Waals surface area contributed by atoms with Gasteiger partial charge in [-0.15, -0.1) is 0 Å². The average molecular weight is 365 g/mol. The number of urea groups is 1. The fourth-order valence-corrected chi connectivity index (χ4v) is 1.79. The smallest absolute Gasteiger partial charge is 0.416 e. The van der Waals surface area contributed by atoms with Crippen molar-refractivity contribution in [1.29, 1.82) is 0 Å². The molecule has 0 aliphatic heterocycles. The number of carbonyl (C=O) groups is 1. The van der Waals surface area contributed by atoms with E-state index in [1.165, 1.54) is 18.3 Å². The van der Waals surface area contributed by atoms with Gasteiger partial charge >= 0.3 is 18.4 Å². The lowest BCUT2D eigenvalue weighted by Crippen LogP contribution is -2.21. The molecule has 0 atom stereocenters. The average Bonchev–Trinajstić information content (AvgIpc) is 2.47. The molecular weight excluding hydrogens is 356 g/mol. The molecule has 0 radical (unpaired) electrons. The Morgan fingerprint density at radius 1 is 0.960 bits per heavy atom. The van der Waals surface area contributed by atoms with Crippen LogP contribution < -0.4 is 10.6 Å². The molecular formula is C14H9F6N3O2. The largest absolute Gasteiger partial charge is 0.504 e. The van der Waals surface area contributed by atoms with Crippen molar-refractivity contribution in [3.8, 4) is 5.75 Å². The first kappa shape index (κ1) is 18.4. The summed E-state index contributed by atoms with van der Waals surface area (Å²) in [6.07, 6.45) is -8.86. The van der Waals surface area contributed by atoms with Gasteiger partial charge in [0.05, 0.1) is 11.1 Å². The van der Waals surface area contributed by atoms with Crippen LogP contribution in [0, 0.1) is 0 Å². The molecule has 1 heterocycles. The Kier molecular flexibility index (Phi) is 4.77. The molecule has 2 rings (SSSR count). The molecule has 1 aromatic carbocycles. The van der Waals surface area contributed by atoms with E-state index in [9.17, 15) is 36.2 Å². The number of halogens is 6. The Labute approximate surface area is 136 Å². The van der Waals surface area contributed by atoms with Crippen LogP contribution in [0.5, 0.6) is 5.75 Å². The number of nitrogens with zero attached hydrogens (tertiary/aromatic N) is 1. The van der Waals surface area contributed by atoms with Gasteiger partial charge in [-0.3, -0.25) is 5.32 Å². The molecule has 11 heteroatoms. The first-order valence-electron chi connectivity index (χ1n) is 6.48. The van der Waals surface area contributed by atoms with Crippen LogP contribution in [0.2, 0.25) is 0 Å². The molecule has 134 valence electrons. The van der Waals surface area contributed by atoms with Gasteiger partial charge in [-0.25, -0.2) is 9.78 Å². The molecule has 0 aliphatic carbocycles. The van der Waals surface area contributed by atoms with Gasteiger partial charge in [0.1, 0.15) is 0 Å². The molecule has 0 saturated heterocycles. The van der Waals surface area contributed by atoms with E-state index in [-0.39, 0.29) is 11.9 Å². The fourth-order valence-electron chi connectivity index (χ4n) is 1.79. The predicted octanol–water partition coefficient (Wildman–Crippen LogP) is 4.47. The van der Waals surface area contributed by atoms with Crippen molar-refractivity contribution in [1.82, 2.24) is 4.98 Å². The summed E-state index contributed by atoms with van der Waals surface area (Å²) in [7, 11) is 0. The molecule has 0 bridgehead atoms. The maximum atomic E-state index is 12.7. The van der Waals surface area contributed by atoms with Gasteiger partial charge < -0.3 is 10.4 Å². The monoisotopic (exact) mass is 365 g/mol. The van der Waals surface area contributed by atoms with E-state index in [1.54, 1.807) is 0 Å². The molecule has 0 saturated carbocycles. The highest BCUT2D eigenvalue weighted by molar-refractivity contribution is 6.00. The van der Waals surface area contributed by atoms with Gasteiger partial charge in [0.15, 0.2) is 11.6 Å². The summed E-state index contributed by atoms with van der Waals surface area (Å²) in [5.41, 5.74) is -3.87. The molecule has 0 aliphatic rings. The number of benzene rings is 1. The standard InChI is InChI=1S/C14H9F6N3O2/c15-13(16,17)7-4-8(14(18,19)20)6-9(5-7)22-12(25)23-11-10(24)2-1-3-21-11/h1-6,24H,(H2,21,22,23,25). The number of rotatable bonds is 2. The topological polar surface area (TPSA) is 74.2 Å². The van der Waals surface area contributed by atoms with E-state index >= 15 is 0 Å². The zero-order valence-corrected chi connectivity index (χ0v) is 12.0. The number of nitrogens with one attached hydrogen (secondary N) is 2. The maximum Gasteiger partial charge on any atom is 0.416 e. The van der Waals surface area contributed by atoms with Gasteiger partial charge in [-0.2, -0.15) is 26.3 Å². The summed E-state index contributed by atoms with van der Waals surface area (Å²) >= 11 is 0. The van der Waals surface area contributed by atoms with Gasteiger partial charge in [-0.1, -0.05) is 0 Å². The molecule has 25 heavy (non-hydrogen) atoms. The Hall–Kier alpha value is -2.98. The molecule has 2 aromatic rings. The molecule has 0 unspecified atom stereocenters. The lowest BCUT2D eigenvalue weighted by atomic mass is 10.1. The molecule has 0 fully saturated rings. The Bertz CT molecular complexity index is 757. The molecule has 3 N–H and O–H groups in total. The van der Waals surface area contributed by atoms with Crippen LogP contribution in [0.3, 0.4) is 0 Å². The summed E-state index contributed by atoms with van der Waals surface area (Å²) in [4.78, 5) is 15.3. The van der Waals surface area contributed by atoms with E-state index in [0.29, 0.717) is 12.1 Å². The number of hydrogen-bond donors (Lipinski definition) is 3. The molecule has 0 spiro atoms. The van der Waals surface area contributed by atoms with Crippen LogP contribution in [0.25, 0.3) is 0 Å². The summed E-state index contributed by atoms with van der Waals surface area (Å²) in [6.45, 7) is 0. The highest BCUT2D eigenvalue weighted by Crippen LogP contribution is 2.37. The Morgan fingerprint density at radius 2 is 1.52 bits per heavy atom. The van der Waals surface area contributed by atoms with E-state index in [2.05, 4.69) is 4.98 Å². The highest BCUT2D eigenvalue weighted by Gasteiger charge is 2.37. The van der Waals surface area contributed by atoms with Crippen LogP contribution in [0.1, 0.15) is 11.1 Å². The summed E-state index contributed by atoms with van der Waals surface area (Å²) in [5.74, 6) is -0.749. The number of anilines is 2. The minimum Gasteiger partial charge on any atom is -0.504 e. The summed E-state index contributed by atoms with van der Waals surface area (Å²) in [5, 5.41) is 13.3. The number of hydrogen-bond acceptors (Lipinski definition) is 3. The lowest BCUT2D eigenvalue weighted by Gasteiger charge is -2.15. The van der Waals surface area contributed by atoms with Crippen LogP contribution in [-0.4, -0.2) is 16.1 Å². The van der Waals surface area contributed by atoms with Crippen molar-refractivity contribution in [2.45, 2.75) is 12.4 Å². The third-order valence-corrected chi connectivity index (χ3v) is 2.86. The van der Waals surface area contributed by atoms with Crippen LogP contribution >= 0.6 is 0 Å². The van der Waals surface area contributed by atoms with Crippen LogP contribution in [-0.2, 0) is 12.4 Å². The lowest BCUT2D eigenvalue weighted by molar-refractivity contribution is -0.143. The van der Waals surface area contributed by atoms with Crippen LogP contribution in [0.15, 0.2) is 36.5 Å². The van der Waals surface area contributed by atoms with E-state index < -0.39 is 40.9 Å². The van der Waals surface area contributed by atoms with Crippen LogP contribution in [0.4, 0.5) is 42.6 Å². The SMILES string of the molecule is O=C(Nc1cc(C(F)(F)F)cc(C(F)(F)F)c1)Nc1ncccc1O. The van der Waals surface area contributed by atoms with Crippen molar-refractivity contribution in [3.63, 3.8) is 0 Å². The second-order valence-electron chi connectivity index (χ2n) is 4.74. The van der Waals surface area contributed by atoms with Gasteiger partial charge in [0.25, 0.3) is 0 Å². The maximum absolute atomic E-state index is 12.7. The Balaban J connectivity index is 2.29. The van der Waals surface area contributed by atoms with Crippen molar-refractivity contribution in [2.75, 3.05) is 10.6 Å². The number of aromatic hydroxyl groups is 1. The minimum absolute atomic E-state index is 0.0618. The summed E-state index contributed by atoms with van der Waals surface area (Å²) in [6, 6.07) is 1.99. The van der Waals surface area contributed by atoms with Crippen molar-refractivity contribution < 1.29 is 36.2 Å². The number of amides is 2. The normalized spacial score (nSPS) is 11.9. The van der Waals surface area contributed by atoms with Crippen molar-refractivity contribution >= 4 is 17.5 Å². The number of pyridine rings is 1. The van der Waals surface area contributed by atoms with E-state index in [0.717, 1.165) is 0 Å². The first-order valence-corrected chi connectivity index (χ1v) is 6.48. The predicted molar refractivity (Wildman–Crippen MR) is 75.0 cm³/mol. The first-order chi connectivity index (χ1) is 11.5. The van der Waals surface area contributed by atoms with Gasteiger partial charge in [-0.05, 0) is 30.3 Å². The van der Waals surface area contributed by atoms with E-state index in [4.69, 9.17) is 0 Å². The Morgan fingerprint density at radius 3 is 2.00 bits per heavy atom. The van der Waals surface area contributed by atoms with Gasteiger partial charge in [0.2, 0.25) is 0 Å². The van der Waals surface area contributed by atoms with Crippen molar-refractivity contribution in [2.24, 2.45) is 0 Å². The number of carbonyl (C=O) groups excluding carboxylic acids is 1. The second-order valence-corrected chi connectivity index (χ2v) is 4.74.